The van der Waals surface area contributed by atoms with Gasteiger partial charge in [-0.2, -0.15) is 4.31 Å². The van der Waals surface area contributed by atoms with Crippen LogP contribution in [0.1, 0.15) is 17.9 Å². The van der Waals surface area contributed by atoms with Gasteiger partial charge in [0.15, 0.2) is 11.5 Å². The molecule has 0 bridgehead atoms. The summed E-state index contributed by atoms with van der Waals surface area (Å²) in [6.07, 6.45) is 3.15. The molecule has 2 aromatic rings. The molecule has 1 atom stereocenters. The maximum absolute atomic E-state index is 12.4. The van der Waals surface area contributed by atoms with Crippen LogP contribution in [0.25, 0.3) is 0 Å². The monoisotopic (exact) mass is 322 g/mol. The van der Waals surface area contributed by atoms with E-state index in [0.717, 1.165) is 29.7 Å². The van der Waals surface area contributed by atoms with Crippen LogP contribution in [-0.2, 0) is 10.0 Å². The fraction of sp³-hybridized carbons (Fsp3) is 0.357. The van der Waals surface area contributed by atoms with Crippen LogP contribution in [0, 0.1) is 0 Å². The molecule has 0 radical (unpaired) electrons. The van der Waals surface area contributed by atoms with Gasteiger partial charge in [0, 0.05) is 13.1 Å². The Morgan fingerprint density at radius 3 is 2.91 bits per heavy atom. The molecule has 1 saturated heterocycles. The molecule has 0 N–H and O–H groups in total. The van der Waals surface area contributed by atoms with Gasteiger partial charge in [0.25, 0.3) is 0 Å². The molecule has 1 fully saturated rings. The van der Waals surface area contributed by atoms with Crippen LogP contribution in [0.4, 0.5) is 0 Å². The molecular weight excluding hydrogens is 308 g/mol. The first-order valence-corrected chi connectivity index (χ1v) is 8.38. The molecule has 22 heavy (non-hydrogen) atoms. The third-order valence-corrected chi connectivity index (χ3v) is 5.88. The largest absolute Gasteiger partial charge is 0.454 e. The number of hydrogen-bond acceptors (Lipinski definition) is 6. The Kier molecular flexibility index (Phi) is 3.08. The van der Waals surface area contributed by atoms with Crippen molar-refractivity contribution in [1.29, 1.82) is 0 Å². The summed E-state index contributed by atoms with van der Waals surface area (Å²) >= 11 is 0. The van der Waals surface area contributed by atoms with Crippen LogP contribution < -0.4 is 9.47 Å². The van der Waals surface area contributed by atoms with Gasteiger partial charge in [0.05, 0.1) is 6.20 Å². The number of nitrogens with zero attached hydrogens (tertiary/aromatic N) is 2. The Morgan fingerprint density at radius 2 is 2.09 bits per heavy atom. The van der Waals surface area contributed by atoms with Crippen LogP contribution >= 0.6 is 0 Å². The normalized spacial score (nSPS) is 21.4. The molecule has 2 aliphatic rings. The molecule has 7 nitrogen and oxygen atoms in total. The molecule has 1 aromatic carbocycles. The molecule has 1 unspecified atom stereocenters. The Morgan fingerprint density at radius 1 is 1.23 bits per heavy atom. The zero-order valence-corrected chi connectivity index (χ0v) is 12.5. The molecule has 8 heteroatoms. The topological polar surface area (TPSA) is 81.9 Å². The number of sulfonamides is 1. The molecule has 1 aromatic heterocycles. The Hall–Kier alpha value is -2.06. The SMILES string of the molecule is O=S(=O)(c1cnoc1)N1CCC(c2ccc3c(c2)OCO3)C1. The van der Waals surface area contributed by atoms with E-state index in [-0.39, 0.29) is 17.6 Å². The van der Waals surface area contributed by atoms with Crippen molar-refractivity contribution < 1.29 is 22.4 Å². The maximum atomic E-state index is 12.4. The van der Waals surface area contributed by atoms with Gasteiger partial charge in [-0.1, -0.05) is 11.2 Å². The van der Waals surface area contributed by atoms with Crippen LogP contribution in [0.15, 0.2) is 40.1 Å². The first-order chi connectivity index (χ1) is 10.6. The first kappa shape index (κ1) is 13.6. The van der Waals surface area contributed by atoms with Gasteiger partial charge in [-0.15, -0.1) is 0 Å². The summed E-state index contributed by atoms with van der Waals surface area (Å²) in [6, 6.07) is 5.77. The van der Waals surface area contributed by atoms with E-state index < -0.39 is 10.0 Å². The Labute approximate surface area is 127 Å². The number of hydrogen-bond donors (Lipinski definition) is 0. The number of aromatic nitrogens is 1. The second-order valence-electron chi connectivity index (χ2n) is 5.32. The predicted octanol–water partition coefficient (Wildman–Crippen LogP) is 1.58. The standard InChI is InChI=1S/C14H14N2O5S/c17-22(18,12-6-15-21-8-12)16-4-3-11(7-16)10-1-2-13-14(5-10)20-9-19-13/h1-2,5-6,8,11H,3-4,7,9H2. The Balaban J connectivity index is 1.55. The molecule has 2 aliphatic heterocycles. The summed E-state index contributed by atoms with van der Waals surface area (Å²) in [7, 11) is -3.53. The van der Waals surface area contributed by atoms with E-state index in [9.17, 15) is 8.42 Å². The van der Waals surface area contributed by atoms with E-state index in [1.165, 1.54) is 10.5 Å². The molecule has 4 rings (SSSR count). The van der Waals surface area contributed by atoms with Gasteiger partial charge < -0.3 is 14.0 Å². The predicted molar refractivity (Wildman–Crippen MR) is 75.2 cm³/mol. The van der Waals surface area contributed by atoms with Crippen molar-refractivity contribution >= 4 is 10.0 Å². The lowest BCUT2D eigenvalue weighted by Crippen LogP contribution is -2.28. The van der Waals surface area contributed by atoms with Crippen molar-refractivity contribution in [3.8, 4) is 11.5 Å². The van der Waals surface area contributed by atoms with Gasteiger partial charge >= 0.3 is 0 Å². The lowest BCUT2D eigenvalue weighted by Gasteiger charge is -2.15. The average Bonchev–Trinajstić information content (AvgIpc) is 3.26. The molecule has 3 heterocycles. The smallest absolute Gasteiger partial charge is 0.247 e. The van der Waals surface area contributed by atoms with Gasteiger partial charge in [-0.3, -0.25) is 0 Å². The number of ether oxygens (including phenoxy) is 2. The highest BCUT2D eigenvalue weighted by Gasteiger charge is 2.34. The quantitative estimate of drug-likeness (QED) is 0.853. The minimum atomic E-state index is -3.53. The second-order valence-corrected chi connectivity index (χ2v) is 7.26. The van der Waals surface area contributed by atoms with E-state index in [2.05, 4.69) is 9.68 Å². The van der Waals surface area contributed by atoms with E-state index in [1.54, 1.807) is 0 Å². The minimum Gasteiger partial charge on any atom is -0.454 e. The van der Waals surface area contributed by atoms with Crippen molar-refractivity contribution in [3.63, 3.8) is 0 Å². The van der Waals surface area contributed by atoms with Crippen LogP contribution in [-0.4, -0.2) is 37.8 Å². The fourth-order valence-electron chi connectivity index (χ4n) is 2.86. The van der Waals surface area contributed by atoms with Crippen LogP contribution in [0.3, 0.4) is 0 Å². The second kappa shape index (κ2) is 4.99. The zero-order valence-electron chi connectivity index (χ0n) is 11.6. The molecule has 0 aliphatic carbocycles. The maximum Gasteiger partial charge on any atom is 0.247 e. The summed E-state index contributed by atoms with van der Waals surface area (Å²) in [4.78, 5) is 0.0961. The van der Waals surface area contributed by atoms with E-state index in [1.807, 2.05) is 18.2 Å². The van der Waals surface area contributed by atoms with Gasteiger partial charge in [0.2, 0.25) is 16.8 Å². The fourth-order valence-corrected chi connectivity index (χ4v) is 4.22. The van der Waals surface area contributed by atoms with Crippen LogP contribution in [0.2, 0.25) is 0 Å². The van der Waals surface area contributed by atoms with Crippen molar-refractivity contribution in [2.75, 3.05) is 19.9 Å². The average molecular weight is 322 g/mol. The first-order valence-electron chi connectivity index (χ1n) is 6.94. The lowest BCUT2D eigenvalue weighted by atomic mass is 9.98. The summed E-state index contributed by atoms with van der Waals surface area (Å²) in [5, 5.41) is 3.47. The third-order valence-electron chi connectivity index (χ3n) is 4.07. The van der Waals surface area contributed by atoms with Crippen LogP contribution in [0.5, 0.6) is 11.5 Å². The highest BCUT2D eigenvalue weighted by atomic mass is 32.2. The molecule has 0 saturated carbocycles. The van der Waals surface area contributed by atoms with E-state index in [4.69, 9.17) is 9.47 Å². The van der Waals surface area contributed by atoms with Gasteiger partial charge in [-0.25, -0.2) is 8.42 Å². The van der Waals surface area contributed by atoms with Crippen molar-refractivity contribution in [2.24, 2.45) is 0 Å². The summed E-state index contributed by atoms with van der Waals surface area (Å²) in [5.41, 5.74) is 1.06. The zero-order chi connectivity index (χ0) is 15.2. The minimum absolute atomic E-state index is 0.0961. The highest BCUT2D eigenvalue weighted by Crippen LogP contribution is 2.38. The third kappa shape index (κ3) is 2.15. The van der Waals surface area contributed by atoms with E-state index in [0.29, 0.717) is 13.1 Å². The molecule has 0 amide bonds. The van der Waals surface area contributed by atoms with Gasteiger partial charge in [-0.05, 0) is 30.0 Å². The lowest BCUT2D eigenvalue weighted by molar-refractivity contribution is 0.174. The highest BCUT2D eigenvalue weighted by molar-refractivity contribution is 7.89. The molecule has 116 valence electrons. The molecule has 0 spiro atoms. The number of fused-ring (bicyclic) bond motifs is 1. The van der Waals surface area contributed by atoms with Gasteiger partial charge in [0.1, 0.15) is 11.2 Å². The molecular formula is C14H14N2O5S. The summed E-state index contributed by atoms with van der Waals surface area (Å²) < 4.78 is 41.7. The summed E-state index contributed by atoms with van der Waals surface area (Å²) in [5.74, 6) is 1.60. The number of benzene rings is 1. The Bertz CT molecular complexity index is 788. The van der Waals surface area contributed by atoms with E-state index >= 15 is 0 Å². The van der Waals surface area contributed by atoms with Crippen molar-refractivity contribution in [1.82, 2.24) is 9.46 Å². The number of rotatable bonds is 3. The van der Waals surface area contributed by atoms with Crippen molar-refractivity contribution in [2.45, 2.75) is 17.2 Å². The summed E-state index contributed by atoms with van der Waals surface area (Å²) in [6.45, 7) is 1.15. The van der Waals surface area contributed by atoms with Crippen molar-refractivity contribution in [3.05, 3.63) is 36.2 Å².